The molecule has 0 aromatic carbocycles. The van der Waals surface area contributed by atoms with Crippen LogP contribution in [0, 0.1) is 0 Å². The molecule has 0 spiro atoms. The largest absolute Gasteiger partial charge is 0.292 e. The predicted octanol–water partition coefficient (Wildman–Crippen LogP) is 1.86. The topological polar surface area (TPSA) is 47.8 Å². The van der Waals surface area contributed by atoms with E-state index in [1.54, 1.807) is 23.1 Å². The van der Waals surface area contributed by atoms with Crippen molar-refractivity contribution in [2.24, 2.45) is 0 Å². The number of carbonyl (C=O) groups excluding carboxylic acids is 1. The average molecular weight is 201 g/mol. The van der Waals surface area contributed by atoms with Crippen LogP contribution in [0.2, 0.25) is 0 Å². The first-order chi connectivity index (χ1) is 7.31. The summed E-state index contributed by atoms with van der Waals surface area (Å²) in [5.74, 6) is 0.0574. The minimum atomic E-state index is 0.0574. The molecule has 76 valence electrons. The lowest BCUT2D eigenvalue weighted by Crippen LogP contribution is -2.02. The van der Waals surface area contributed by atoms with Crippen molar-refractivity contribution in [3.05, 3.63) is 42.5 Å². The number of hydrogen-bond acceptors (Lipinski definition) is 3. The Morgan fingerprint density at radius 3 is 2.87 bits per heavy atom. The van der Waals surface area contributed by atoms with Gasteiger partial charge in [0.25, 0.3) is 0 Å². The molecular weight excluding hydrogens is 190 g/mol. The molecular formula is C11H11N3O. The maximum Gasteiger partial charge on any atom is 0.180 e. The molecule has 2 aromatic rings. The first kappa shape index (κ1) is 9.58. The van der Waals surface area contributed by atoms with Crippen molar-refractivity contribution >= 4 is 5.78 Å². The predicted molar refractivity (Wildman–Crippen MR) is 56.0 cm³/mol. The van der Waals surface area contributed by atoms with E-state index in [9.17, 15) is 4.79 Å². The third-order valence-corrected chi connectivity index (χ3v) is 2.12. The second-order valence-electron chi connectivity index (χ2n) is 3.13. The first-order valence-corrected chi connectivity index (χ1v) is 4.80. The van der Waals surface area contributed by atoms with E-state index >= 15 is 0 Å². The number of Topliss-reactive ketones (excluding diaryl/α,β-unsaturated/α-hetero) is 1. The van der Waals surface area contributed by atoms with Crippen LogP contribution in [0.3, 0.4) is 0 Å². The normalized spacial score (nSPS) is 10.2. The van der Waals surface area contributed by atoms with Gasteiger partial charge in [-0.1, -0.05) is 6.92 Å². The number of aromatic nitrogens is 3. The number of rotatable bonds is 3. The maximum atomic E-state index is 11.3. The van der Waals surface area contributed by atoms with Crippen molar-refractivity contribution in [1.29, 1.82) is 0 Å². The molecule has 0 aliphatic carbocycles. The van der Waals surface area contributed by atoms with Crippen LogP contribution >= 0.6 is 0 Å². The average Bonchev–Trinajstić information content (AvgIpc) is 2.82. The summed E-state index contributed by atoms with van der Waals surface area (Å²) in [5.41, 5.74) is 1.36. The summed E-state index contributed by atoms with van der Waals surface area (Å²) >= 11 is 0. The second-order valence-corrected chi connectivity index (χ2v) is 3.13. The maximum absolute atomic E-state index is 11.3. The first-order valence-electron chi connectivity index (χ1n) is 4.80. The summed E-state index contributed by atoms with van der Waals surface area (Å²) in [5, 5.41) is 4.07. The van der Waals surface area contributed by atoms with Gasteiger partial charge in [-0.25, -0.2) is 4.68 Å². The van der Waals surface area contributed by atoms with E-state index in [1.165, 1.54) is 0 Å². The summed E-state index contributed by atoms with van der Waals surface area (Å²) in [6, 6.07) is 5.40. The quantitative estimate of drug-likeness (QED) is 0.712. The Morgan fingerprint density at radius 1 is 1.47 bits per heavy atom. The Balaban J connectivity index is 2.29. The molecule has 0 radical (unpaired) electrons. The molecule has 0 aliphatic heterocycles. The molecule has 0 aliphatic rings. The monoisotopic (exact) mass is 201 g/mol. The molecule has 0 saturated carbocycles. The van der Waals surface area contributed by atoms with Crippen LogP contribution in [0.25, 0.3) is 5.69 Å². The number of ketones is 1. The van der Waals surface area contributed by atoms with Crippen LogP contribution in [-0.2, 0) is 0 Å². The lowest BCUT2D eigenvalue weighted by molar-refractivity contribution is 0.0983. The Bertz CT molecular complexity index is 445. The van der Waals surface area contributed by atoms with Gasteiger partial charge in [0.05, 0.1) is 11.9 Å². The fraction of sp³-hybridized carbons (Fsp3) is 0.182. The van der Waals surface area contributed by atoms with Gasteiger partial charge >= 0.3 is 0 Å². The number of nitrogens with zero attached hydrogens (tertiary/aromatic N) is 3. The molecule has 0 atom stereocenters. The van der Waals surface area contributed by atoms with E-state index in [2.05, 4.69) is 10.1 Å². The molecule has 0 amide bonds. The summed E-state index contributed by atoms with van der Waals surface area (Å²) in [6.45, 7) is 1.82. The lowest BCUT2D eigenvalue weighted by Gasteiger charge is -2.01. The van der Waals surface area contributed by atoms with Crippen LogP contribution in [0.1, 0.15) is 23.8 Å². The summed E-state index contributed by atoms with van der Waals surface area (Å²) in [4.78, 5) is 15.4. The van der Waals surface area contributed by atoms with Gasteiger partial charge in [-0.2, -0.15) is 5.10 Å². The second kappa shape index (κ2) is 4.04. The third kappa shape index (κ3) is 1.93. The molecule has 0 fully saturated rings. The van der Waals surface area contributed by atoms with Gasteiger partial charge in [0.2, 0.25) is 0 Å². The zero-order valence-corrected chi connectivity index (χ0v) is 8.42. The zero-order chi connectivity index (χ0) is 10.7. The smallest absolute Gasteiger partial charge is 0.180 e. The van der Waals surface area contributed by atoms with Crippen LogP contribution in [0.4, 0.5) is 0 Å². The van der Waals surface area contributed by atoms with E-state index < -0.39 is 0 Å². The minimum Gasteiger partial charge on any atom is -0.292 e. The van der Waals surface area contributed by atoms with Crippen molar-refractivity contribution in [2.45, 2.75) is 13.3 Å². The van der Waals surface area contributed by atoms with E-state index in [-0.39, 0.29) is 5.78 Å². The molecule has 0 saturated heterocycles. The highest BCUT2D eigenvalue weighted by atomic mass is 16.1. The SMILES string of the molecule is CCC(=O)c1ccc(-n2cccn2)cn1. The van der Waals surface area contributed by atoms with Gasteiger partial charge in [0, 0.05) is 18.8 Å². The van der Waals surface area contributed by atoms with Crippen LogP contribution in [0.15, 0.2) is 36.8 Å². The highest BCUT2D eigenvalue weighted by molar-refractivity contribution is 5.93. The van der Waals surface area contributed by atoms with Crippen molar-refractivity contribution < 1.29 is 4.79 Å². The fourth-order valence-electron chi connectivity index (χ4n) is 1.29. The fourth-order valence-corrected chi connectivity index (χ4v) is 1.29. The van der Waals surface area contributed by atoms with Gasteiger partial charge in [0.15, 0.2) is 5.78 Å². The lowest BCUT2D eigenvalue weighted by atomic mass is 10.2. The van der Waals surface area contributed by atoms with Crippen molar-refractivity contribution in [1.82, 2.24) is 14.8 Å². The minimum absolute atomic E-state index is 0.0574. The molecule has 4 nitrogen and oxygen atoms in total. The highest BCUT2D eigenvalue weighted by Gasteiger charge is 2.04. The third-order valence-electron chi connectivity index (χ3n) is 2.12. The van der Waals surface area contributed by atoms with E-state index in [0.29, 0.717) is 12.1 Å². The number of pyridine rings is 1. The van der Waals surface area contributed by atoms with Gasteiger partial charge in [-0.15, -0.1) is 0 Å². The van der Waals surface area contributed by atoms with Gasteiger partial charge in [0.1, 0.15) is 5.69 Å². The Hall–Kier alpha value is -1.97. The summed E-state index contributed by atoms with van der Waals surface area (Å²) < 4.78 is 1.70. The number of hydrogen-bond donors (Lipinski definition) is 0. The molecule has 15 heavy (non-hydrogen) atoms. The molecule has 2 rings (SSSR count). The summed E-state index contributed by atoms with van der Waals surface area (Å²) in [6.07, 6.45) is 5.66. The van der Waals surface area contributed by atoms with Crippen LogP contribution in [-0.4, -0.2) is 20.5 Å². The zero-order valence-electron chi connectivity index (χ0n) is 8.42. The van der Waals surface area contributed by atoms with Gasteiger partial charge in [-0.3, -0.25) is 9.78 Å². The van der Waals surface area contributed by atoms with Crippen molar-refractivity contribution in [2.75, 3.05) is 0 Å². The van der Waals surface area contributed by atoms with E-state index in [0.717, 1.165) is 5.69 Å². The Labute approximate surface area is 87.6 Å². The molecule has 0 unspecified atom stereocenters. The van der Waals surface area contributed by atoms with Gasteiger partial charge in [-0.05, 0) is 18.2 Å². The number of carbonyl (C=O) groups is 1. The van der Waals surface area contributed by atoms with Crippen LogP contribution < -0.4 is 0 Å². The van der Waals surface area contributed by atoms with E-state index in [4.69, 9.17) is 0 Å². The van der Waals surface area contributed by atoms with Crippen LogP contribution in [0.5, 0.6) is 0 Å². The van der Waals surface area contributed by atoms with Crippen molar-refractivity contribution in [3.8, 4) is 5.69 Å². The molecule has 0 bridgehead atoms. The Kier molecular flexibility index (Phi) is 2.58. The van der Waals surface area contributed by atoms with E-state index in [1.807, 2.05) is 25.3 Å². The molecule has 2 aromatic heterocycles. The standard InChI is InChI=1S/C11H11N3O/c1-2-11(15)10-5-4-9(8-12-10)14-7-3-6-13-14/h3-8H,2H2,1H3. The van der Waals surface area contributed by atoms with Crippen molar-refractivity contribution in [3.63, 3.8) is 0 Å². The highest BCUT2D eigenvalue weighted by Crippen LogP contribution is 2.06. The summed E-state index contributed by atoms with van der Waals surface area (Å²) in [7, 11) is 0. The molecule has 4 heteroatoms. The molecule has 0 N–H and O–H groups in total. The van der Waals surface area contributed by atoms with Gasteiger partial charge < -0.3 is 0 Å². The molecule has 2 heterocycles. The Morgan fingerprint density at radius 2 is 2.33 bits per heavy atom.